The summed E-state index contributed by atoms with van der Waals surface area (Å²) in [7, 11) is 3.21. The highest BCUT2D eigenvalue weighted by atomic mass is 16.5. The van der Waals surface area contributed by atoms with Gasteiger partial charge in [-0.2, -0.15) is 5.10 Å². The first-order valence-electron chi connectivity index (χ1n) is 9.01. The monoisotopic (exact) mass is 380 g/mol. The first kappa shape index (κ1) is 19.5. The molecule has 0 bridgehead atoms. The normalized spacial score (nSPS) is 11.7. The number of aromatic nitrogens is 2. The van der Waals surface area contributed by atoms with E-state index in [4.69, 9.17) is 14.2 Å². The Bertz CT molecular complexity index is 965. The first-order valence-corrected chi connectivity index (χ1v) is 9.01. The largest absolute Gasteiger partial charge is 0.497 e. The summed E-state index contributed by atoms with van der Waals surface area (Å²) in [6.45, 7) is 3.52. The number of hydrogen-bond acceptors (Lipinski definition) is 5. The van der Waals surface area contributed by atoms with E-state index < -0.39 is 0 Å². The van der Waals surface area contributed by atoms with Crippen molar-refractivity contribution in [1.82, 2.24) is 10.2 Å². The molecule has 1 heterocycles. The van der Waals surface area contributed by atoms with Crippen molar-refractivity contribution < 1.29 is 19.0 Å². The van der Waals surface area contributed by atoms with E-state index in [9.17, 15) is 4.79 Å². The number of rotatable bonds is 8. The van der Waals surface area contributed by atoms with Crippen LogP contribution in [0, 0.1) is 6.92 Å². The number of Topliss-reactive ketones (excluding diaryl/α,β-unsaturated/α-hetero) is 1. The fourth-order valence-corrected chi connectivity index (χ4v) is 3.19. The molecule has 0 saturated carbocycles. The van der Waals surface area contributed by atoms with Crippen LogP contribution in [0.15, 0.2) is 48.7 Å². The summed E-state index contributed by atoms with van der Waals surface area (Å²) in [5.74, 6) is 2.55. The Morgan fingerprint density at radius 2 is 1.86 bits per heavy atom. The number of hydrogen-bond donors (Lipinski definition) is 1. The molecule has 2 aromatic carbocycles. The van der Waals surface area contributed by atoms with Crippen molar-refractivity contribution >= 4 is 5.78 Å². The fourth-order valence-electron chi connectivity index (χ4n) is 3.19. The zero-order valence-electron chi connectivity index (χ0n) is 16.5. The summed E-state index contributed by atoms with van der Waals surface area (Å²) in [5, 5.41) is 7.07. The maximum absolute atomic E-state index is 11.9. The van der Waals surface area contributed by atoms with Crippen molar-refractivity contribution in [2.45, 2.75) is 26.2 Å². The molecule has 3 aromatic rings. The van der Waals surface area contributed by atoms with E-state index in [0.717, 1.165) is 16.8 Å². The summed E-state index contributed by atoms with van der Waals surface area (Å²) in [6.07, 6.45) is 2.23. The number of aryl methyl sites for hydroxylation is 1. The number of H-pyrrole nitrogens is 1. The average Bonchev–Trinajstić information content (AvgIpc) is 3.12. The van der Waals surface area contributed by atoms with Crippen molar-refractivity contribution in [3.05, 3.63) is 65.5 Å². The predicted molar refractivity (Wildman–Crippen MR) is 107 cm³/mol. The molecule has 1 aromatic heterocycles. The molecule has 0 aliphatic carbocycles. The van der Waals surface area contributed by atoms with Crippen LogP contribution >= 0.6 is 0 Å². The third-order valence-corrected chi connectivity index (χ3v) is 4.60. The van der Waals surface area contributed by atoms with Crippen molar-refractivity contribution in [3.63, 3.8) is 0 Å². The molecule has 1 atom stereocenters. The molecule has 6 nitrogen and oxygen atoms in total. The van der Waals surface area contributed by atoms with Crippen LogP contribution in [0.5, 0.6) is 23.0 Å². The molecule has 28 heavy (non-hydrogen) atoms. The van der Waals surface area contributed by atoms with E-state index in [-0.39, 0.29) is 11.7 Å². The van der Waals surface area contributed by atoms with Gasteiger partial charge in [-0.3, -0.25) is 9.89 Å². The van der Waals surface area contributed by atoms with Gasteiger partial charge < -0.3 is 14.2 Å². The van der Waals surface area contributed by atoms with Crippen LogP contribution < -0.4 is 14.2 Å². The SMILES string of the molecule is COc1cccc(Oc2ccc(C(CC(C)=O)c3c[nH]nc3C)cc2OC)c1. The van der Waals surface area contributed by atoms with Gasteiger partial charge in [-0.05, 0) is 43.7 Å². The molecular weight excluding hydrogens is 356 g/mol. The van der Waals surface area contributed by atoms with Gasteiger partial charge in [-0.25, -0.2) is 0 Å². The van der Waals surface area contributed by atoms with Crippen molar-refractivity contribution in [1.29, 1.82) is 0 Å². The van der Waals surface area contributed by atoms with Gasteiger partial charge in [-0.1, -0.05) is 12.1 Å². The third kappa shape index (κ3) is 4.34. The van der Waals surface area contributed by atoms with E-state index in [2.05, 4.69) is 10.2 Å². The topological polar surface area (TPSA) is 73.4 Å². The highest BCUT2D eigenvalue weighted by Crippen LogP contribution is 2.38. The Hall–Kier alpha value is -3.28. The zero-order valence-corrected chi connectivity index (χ0v) is 16.5. The molecular formula is C22H24N2O4. The Morgan fingerprint density at radius 1 is 1.07 bits per heavy atom. The van der Waals surface area contributed by atoms with Crippen LogP contribution in [-0.2, 0) is 4.79 Å². The minimum atomic E-state index is -0.101. The maximum atomic E-state index is 11.9. The van der Waals surface area contributed by atoms with Crippen LogP contribution in [-0.4, -0.2) is 30.2 Å². The van der Waals surface area contributed by atoms with E-state index >= 15 is 0 Å². The number of ether oxygens (including phenoxy) is 3. The van der Waals surface area contributed by atoms with Gasteiger partial charge in [0.1, 0.15) is 17.3 Å². The molecule has 1 unspecified atom stereocenters. The van der Waals surface area contributed by atoms with Crippen LogP contribution in [0.1, 0.15) is 36.1 Å². The number of carbonyl (C=O) groups is 1. The summed E-state index contributed by atoms with van der Waals surface area (Å²) < 4.78 is 16.8. The van der Waals surface area contributed by atoms with E-state index in [0.29, 0.717) is 29.4 Å². The molecule has 1 N–H and O–H groups in total. The van der Waals surface area contributed by atoms with Gasteiger partial charge in [0.25, 0.3) is 0 Å². The summed E-state index contributed by atoms with van der Waals surface area (Å²) in [5.41, 5.74) is 2.84. The number of methoxy groups -OCH3 is 2. The molecule has 0 amide bonds. The van der Waals surface area contributed by atoms with Gasteiger partial charge in [0.2, 0.25) is 0 Å². The average molecular weight is 380 g/mol. The van der Waals surface area contributed by atoms with Gasteiger partial charge >= 0.3 is 0 Å². The zero-order chi connectivity index (χ0) is 20.1. The molecule has 0 fully saturated rings. The van der Waals surface area contributed by atoms with Gasteiger partial charge in [0.05, 0.1) is 19.9 Å². The molecule has 0 aliphatic heterocycles. The second-order valence-corrected chi connectivity index (χ2v) is 6.58. The Kier molecular flexibility index (Phi) is 5.99. The first-order chi connectivity index (χ1) is 13.5. The number of benzene rings is 2. The lowest BCUT2D eigenvalue weighted by Crippen LogP contribution is -2.07. The Balaban J connectivity index is 1.94. The smallest absolute Gasteiger partial charge is 0.169 e. The highest BCUT2D eigenvalue weighted by molar-refractivity contribution is 5.77. The molecule has 0 saturated heterocycles. The molecule has 0 spiro atoms. The lowest BCUT2D eigenvalue weighted by atomic mass is 9.87. The molecule has 146 valence electrons. The lowest BCUT2D eigenvalue weighted by molar-refractivity contribution is -0.117. The van der Waals surface area contributed by atoms with Crippen molar-refractivity contribution in [2.75, 3.05) is 14.2 Å². The number of nitrogens with zero attached hydrogens (tertiary/aromatic N) is 1. The van der Waals surface area contributed by atoms with Crippen molar-refractivity contribution in [3.8, 4) is 23.0 Å². The van der Waals surface area contributed by atoms with Gasteiger partial charge in [0, 0.05) is 30.2 Å². The second kappa shape index (κ2) is 8.61. The van der Waals surface area contributed by atoms with Gasteiger partial charge in [-0.15, -0.1) is 0 Å². The van der Waals surface area contributed by atoms with E-state index in [1.807, 2.05) is 49.5 Å². The standard InChI is InChI=1S/C22H24N2O4/c1-14(25)10-19(20-13-23-24-15(20)2)16-8-9-21(22(11-16)27-4)28-18-7-5-6-17(12-18)26-3/h5-9,11-13,19H,10H2,1-4H3,(H,23,24). The quantitative estimate of drug-likeness (QED) is 0.616. The van der Waals surface area contributed by atoms with Crippen LogP contribution in [0.3, 0.4) is 0 Å². The maximum Gasteiger partial charge on any atom is 0.169 e. The number of carbonyl (C=O) groups excluding carboxylic acids is 1. The van der Waals surface area contributed by atoms with Crippen LogP contribution in [0.2, 0.25) is 0 Å². The number of ketones is 1. The minimum absolute atomic E-state index is 0.101. The van der Waals surface area contributed by atoms with Crippen LogP contribution in [0.25, 0.3) is 0 Å². The summed E-state index contributed by atoms with van der Waals surface area (Å²) in [6, 6.07) is 13.1. The van der Waals surface area contributed by atoms with Crippen LogP contribution in [0.4, 0.5) is 0 Å². The van der Waals surface area contributed by atoms with Crippen molar-refractivity contribution in [2.24, 2.45) is 0 Å². The van der Waals surface area contributed by atoms with E-state index in [1.54, 1.807) is 27.2 Å². The predicted octanol–water partition coefficient (Wildman–Crippen LogP) is 4.64. The molecule has 0 aliphatic rings. The third-order valence-electron chi connectivity index (χ3n) is 4.60. The molecule has 6 heteroatoms. The fraction of sp³-hybridized carbons (Fsp3) is 0.273. The molecule has 0 radical (unpaired) electrons. The number of aromatic amines is 1. The minimum Gasteiger partial charge on any atom is -0.497 e. The number of nitrogens with one attached hydrogen (secondary N) is 1. The summed E-state index contributed by atoms with van der Waals surface area (Å²) in [4.78, 5) is 11.9. The van der Waals surface area contributed by atoms with E-state index in [1.165, 1.54) is 0 Å². The molecule has 3 rings (SSSR count). The lowest BCUT2D eigenvalue weighted by Gasteiger charge is -2.18. The summed E-state index contributed by atoms with van der Waals surface area (Å²) >= 11 is 0. The van der Waals surface area contributed by atoms with Gasteiger partial charge in [0.15, 0.2) is 11.5 Å². The second-order valence-electron chi connectivity index (χ2n) is 6.58. The highest BCUT2D eigenvalue weighted by Gasteiger charge is 2.21. The Morgan fingerprint density at radius 3 is 2.50 bits per heavy atom. The Labute approximate surface area is 164 Å².